The molecule has 6 rings (SSSR count). The van der Waals surface area contributed by atoms with Crippen molar-refractivity contribution in [2.24, 2.45) is 4.99 Å². The number of rotatable bonds is 6. The smallest absolute Gasteiger partial charge is 0.407 e. The molecule has 39 heavy (non-hydrogen) atoms. The zero-order valence-electron chi connectivity index (χ0n) is 20.6. The Kier molecular flexibility index (Phi) is 5.60. The quantitative estimate of drug-likeness (QED) is 0.327. The van der Waals surface area contributed by atoms with Gasteiger partial charge in [0.05, 0.1) is 30.4 Å². The highest BCUT2D eigenvalue weighted by Gasteiger charge is 2.47. The summed E-state index contributed by atoms with van der Waals surface area (Å²) in [4.78, 5) is 33.4. The number of carbonyl (C=O) groups is 1. The van der Waals surface area contributed by atoms with Gasteiger partial charge in [-0.05, 0) is 17.7 Å². The van der Waals surface area contributed by atoms with E-state index in [1.165, 1.54) is 48.5 Å². The van der Waals surface area contributed by atoms with Gasteiger partial charge in [0, 0.05) is 34.8 Å². The number of hydrogen-bond donors (Lipinski definition) is 1. The lowest BCUT2D eigenvalue weighted by Gasteiger charge is -2.31. The number of fused-ring (bicyclic) bond motifs is 1. The minimum Gasteiger partial charge on any atom is -0.407 e. The van der Waals surface area contributed by atoms with Gasteiger partial charge in [-0.1, -0.05) is 60.7 Å². The topological polar surface area (TPSA) is 78.7 Å². The Bertz CT molecular complexity index is 1710. The molecule has 1 amide bonds. The summed E-state index contributed by atoms with van der Waals surface area (Å²) in [6.07, 6.45) is 0. The highest BCUT2D eigenvalue weighted by atomic mass is 19.3. The van der Waals surface area contributed by atoms with Crippen LogP contribution in [0, 0.1) is 0 Å². The molecule has 0 radical (unpaired) electrons. The SMILES string of the molecule is CC(F)(F)CN1C(=O)C2=C(C(c3cccc4[nH]c(=O)oc34)=NC2)C1c1ccc(C(F)(F)c2ccccc2)cc1. The van der Waals surface area contributed by atoms with Crippen LogP contribution in [-0.4, -0.2) is 40.5 Å². The lowest BCUT2D eigenvalue weighted by Crippen LogP contribution is -2.40. The molecule has 0 bridgehead atoms. The maximum absolute atomic E-state index is 15.2. The number of oxazole rings is 1. The van der Waals surface area contributed by atoms with E-state index in [0.717, 1.165) is 4.90 Å². The zero-order valence-corrected chi connectivity index (χ0v) is 20.6. The molecular weight excluding hydrogens is 514 g/mol. The van der Waals surface area contributed by atoms with Crippen molar-refractivity contribution in [3.63, 3.8) is 0 Å². The highest BCUT2D eigenvalue weighted by molar-refractivity contribution is 6.25. The van der Waals surface area contributed by atoms with Gasteiger partial charge in [-0.15, -0.1) is 0 Å². The number of aromatic nitrogens is 1. The van der Waals surface area contributed by atoms with Crippen molar-refractivity contribution in [2.45, 2.75) is 24.8 Å². The van der Waals surface area contributed by atoms with E-state index in [0.29, 0.717) is 34.9 Å². The maximum atomic E-state index is 15.2. The molecule has 6 nitrogen and oxygen atoms in total. The van der Waals surface area contributed by atoms with Gasteiger partial charge < -0.3 is 9.32 Å². The van der Waals surface area contributed by atoms with Crippen molar-refractivity contribution in [3.8, 4) is 0 Å². The predicted molar refractivity (Wildman–Crippen MR) is 136 cm³/mol. The molecule has 0 fully saturated rings. The molecule has 4 aromatic rings. The molecular formula is C29H21F4N3O3. The van der Waals surface area contributed by atoms with Crippen LogP contribution < -0.4 is 5.76 Å². The van der Waals surface area contributed by atoms with E-state index in [2.05, 4.69) is 9.98 Å². The molecule has 3 heterocycles. The maximum Gasteiger partial charge on any atom is 0.417 e. The fourth-order valence-corrected chi connectivity index (χ4v) is 5.28. The van der Waals surface area contributed by atoms with Crippen LogP contribution in [-0.2, 0) is 10.7 Å². The van der Waals surface area contributed by atoms with Crippen molar-refractivity contribution in [3.05, 3.63) is 117 Å². The monoisotopic (exact) mass is 535 g/mol. The minimum atomic E-state index is -3.28. The first-order valence-corrected chi connectivity index (χ1v) is 12.2. The van der Waals surface area contributed by atoms with Gasteiger partial charge in [0.1, 0.15) is 0 Å². The molecule has 3 aromatic carbocycles. The Morgan fingerprint density at radius 2 is 1.64 bits per heavy atom. The van der Waals surface area contributed by atoms with Crippen LogP contribution in [0.1, 0.15) is 35.2 Å². The Hall–Kier alpha value is -4.47. The lowest BCUT2D eigenvalue weighted by atomic mass is 9.90. The lowest BCUT2D eigenvalue weighted by molar-refractivity contribution is -0.132. The summed E-state index contributed by atoms with van der Waals surface area (Å²) in [5.41, 5.74) is 1.94. The number of H-pyrrole nitrogens is 1. The Morgan fingerprint density at radius 1 is 0.949 bits per heavy atom. The molecule has 2 aliphatic heterocycles. The third-order valence-electron chi connectivity index (χ3n) is 6.95. The summed E-state index contributed by atoms with van der Waals surface area (Å²) in [6.45, 7) is -0.197. The normalized spacial score (nSPS) is 17.8. The number of hydrogen-bond acceptors (Lipinski definition) is 4. The molecule has 1 aromatic heterocycles. The van der Waals surface area contributed by atoms with Crippen molar-refractivity contribution < 1.29 is 26.8 Å². The van der Waals surface area contributed by atoms with Crippen molar-refractivity contribution in [1.82, 2.24) is 9.88 Å². The molecule has 0 saturated carbocycles. The van der Waals surface area contributed by atoms with Crippen molar-refractivity contribution in [1.29, 1.82) is 0 Å². The standard InChI is InChI=1S/C29H21F4N3O3/c1-28(30,31)15-36-24(16-10-12-18(13-11-16)29(32,33)17-6-3-2-4-7-17)22-20(26(36)37)14-34-23(22)19-8-5-9-21-25(19)39-27(38)35-21/h2-13,24H,14-15H2,1H3,(H,35,38). The van der Waals surface area contributed by atoms with Gasteiger partial charge in [0.25, 0.3) is 17.8 Å². The van der Waals surface area contributed by atoms with Gasteiger partial charge in [-0.2, -0.15) is 8.78 Å². The number of nitrogens with one attached hydrogen (secondary N) is 1. The number of amides is 1. The Balaban J connectivity index is 1.45. The van der Waals surface area contributed by atoms with E-state index in [1.54, 1.807) is 24.3 Å². The summed E-state index contributed by atoms with van der Waals surface area (Å²) in [6, 6.07) is 16.6. The number of halogens is 4. The number of aliphatic imine (C=N–C) groups is 1. The summed E-state index contributed by atoms with van der Waals surface area (Å²) < 4.78 is 64.2. The number of carbonyl (C=O) groups excluding carboxylic acids is 1. The average Bonchev–Trinajstić information content (AvgIpc) is 3.57. The van der Waals surface area contributed by atoms with Crippen LogP contribution in [0.15, 0.2) is 98.1 Å². The molecule has 1 unspecified atom stereocenters. The number of aromatic amines is 1. The van der Waals surface area contributed by atoms with Crippen LogP contribution in [0.2, 0.25) is 0 Å². The number of alkyl halides is 4. The summed E-state index contributed by atoms with van der Waals surface area (Å²) in [5, 5.41) is 0. The van der Waals surface area contributed by atoms with E-state index in [1.807, 2.05) is 0 Å². The van der Waals surface area contributed by atoms with Gasteiger partial charge in [-0.3, -0.25) is 14.8 Å². The summed E-state index contributed by atoms with van der Waals surface area (Å²) >= 11 is 0. The number of benzene rings is 3. The fourth-order valence-electron chi connectivity index (χ4n) is 5.28. The second kappa shape index (κ2) is 8.79. The Morgan fingerprint density at radius 3 is 2.33 bits per heavy atom. The summed E-state index contributed by atoms with van der Waals surface area (Å²) in [7, 11) is 0. The van der Waals surface area contributed by atoms with Gasteiger partial charge in [0.15, 0.2) is 5.58 Å². The van der Waals surface area contributed by atoms with Crippen LogP contribution in [0.5, 0.6) is 0 Å². The molecule has 10 heteroatoms. The van der Waals surface area contributed by atoms with Crippen LogP contribution in [0.4, 0.5) is 17.6 Å². The van der Waals surface area contributed by atoms with Gasteiger partial charge >= 0.3 is 5.76 Å². The van der Waals surface area contributed by atoms with E-state index in [-0.39, 0.29) is 28.8 Å². The molecule has 0 aliphatic carbocycles. The second-order valence-corrected chi connectivity index (χ2v) is 9.72. The first-order chi connectivity index (χ1) is 18.5. The molecule has 1 N–H and O–H groups in total. The van der Waals surface area contributed by atoms with Crippen molar-refractivity contribution in [2.75, 3.05) is 13.1 Å². The number of para-hydroxylation sites is 1. The number of nitrogens with zero attached hydrogens (tertiary/aromatic N) is 2. The minimum absolute atomic E-state index is 0.0407. The molecule has 0 spiro atoms. The van der Waals surface area contributed by atoms with E-state index in [4.69, 9.17) is 4.42 Å². The largest absolute Gasteiger partial charge is 0.417 e. The summed E-state index contributed by atoms with van der Waals surface area (Å²) in [5.74, 6) is -7.77. The zero-order chi connectivity index (χ0) is 27.5. The molecule has 1 atom stereocenters. The average molecular weight is 535 g/mol. The van der Waals surface area contributed by atoms with Crippen LogP contribution in [0.25, 0.3) is 11.1 Å². The first kappa shape index (κ1) is 24.8. The Labute approximate surface area is 219 Å². The van der Waals surface area contributed by atoms with E-state index in [9.17, 15) is 18.4 Å². The third-order valence-corrected chi connectivity index (χ3v) is 6.95. The highest BCUT2D eigenvalue weighted by Crippen LogP contribution is 2.45. The first-order valence-electron chi connectivity index (χ1n) is 12.2. The predicted octanol–water partition coefficient (Wildman–Crippen LogP) is 5.60. The van der Waals surface area contributed by atoms with E-state index >= 15 is 8.78 Å². The van der Waals surface area contributed by atoms with Crippen LogP contribution in [0.3, 0.4) is 0 Å². The third kappa shape index (κ3) is 4.16. The van der Waals surface area contributed by atoms with Gasteiger partial charge in [0.2, 0.25) is 0 Å². The van der Waals surface area contributed by atoms with Crippen LogP contribution >= 0.6 is 0 Å². The molecule has 0 saturated heterocycles. The van der Waals surface area contributed by atoms with Crippen molar-refractivity contribution >= 4 is 22.7 Å². The van der Waals surface area contributed by atoms with Gasteiger partial charge in [-0.25, -0.2) is 13.6 Å². The van der Waals surface area contributed by atoms with E-state index < -0.39 is 36.1 Å². The molecule has 198 valence electrons. The fraction of sp³-hybridized carbons (Fsp3) is 0.207. The molecule has 2 aliphatic rings. The second-order valence-electron chi connectivity index (χ2n) is 9.72.